The van der Waals surface area contributed by atoms with Gasteiger partial charge in [0.15, 0.2) is 9.84 Å². The van der Waals surface area contributed by atoms with Crippen LogP contribution in [0.2, 0.25) is 0 Å². The summed E-state index contributed by atoms with van der Waals surface area (Å²) in [5, 5.41) is 0. The van der Waals surface area contributed by atoms with E-state index in [1.54, 1.807) is 0 Å². The Morgan fingerprint density at radius 1 is 1.22 bits per heavy atom. The SMILES string of the molecule is NCC1(CN2CCCS(=O)(=O)CC2)CCCOC1. The van der Waals surface area contributed by atoms with E-state index in [2.05, 4.69) is 4.90 Å². The minimum atomic E-state index is -2.82. The molecule has 1 atom stereocenters. The first-order valence-electron chi connectivity index (χ1n) is 6.76. The Morgan fingerprint density at radius 3 is 2.72 bits per heavy atom. The van der Waals surface area contributed by atoms with E-state index in [-0.39, 0.29) is 11.2 Å². The van der Waals surface area contributed by atoms with Gasteiger partial charge in [0.05, 0.1) is 18.1 Å². The molecule has 2 fully saturated rings. The first kappa shape index (κ1) is 14.2. The van der Waals surface area contributed by atoms with Crippen molar-refractivity contribution >= 4 is 9.84 Å². The lowest BCUT2D eigenvalue weighted by Crippen LogP contribution is -2.48. The minimum Gasteiger partial charge on any atom is -0.381 e. The molecule has 5 nitrogen and oxygen atoms in total. The van der Waals surface area contributed by atoms with Crippen LogP contribution < -0.4 is 5.73 Å². The van der Waals surface area contributed by atoms with Crippen molar-refractivity contribution in [2.24, 2.45) is 11.1 Å². The molecule has 0 spiro atoms. The quantitative estimate of drug-likeness (QED) is 0.777. The fraction of sp³-hybridized carbons (Fsp3) is 1.00. The summed E-state index contributed by atoms with van der Waals surface area (Å²) < 4.78 is 28.7. The molecule has 2 aliphatic heterocycles. The van der Waals surface area contributed by atoms with Gasteiger partial charge in [0.1, 0.15) is 0 Å². The lowest BCUT2D eigenvalue weighted by molar-refractivity contribution is -0.0207. The van der Waals surface area contributed by atoms with E-state index in [1.165, 1.54) is 0 Å². The van der Waals surface area contributed by atoms with Crippen LogP contribution >= 0.6 is 0 Å². The van der Waals surface area contributed by atoms with Gasteiger partial charge in [-0.15, -0.1) is 0 Å². The van der Waals surface area contributed by atoms with Gasteiger partial charge in [-0.2, -0.15) is 0 Å². The van der Waals surface area contributed by atoms with Crippen LogP contribution in [-0.2, 0) is 14.6 Å². The highest BCUT2D eigenvalue weighted by Crippen LogP contribution is 2.29. The van der Waals surface area contributed by atoms with Crippen molar-refractivity contribution in [2.75, 3.05) is 50.9 Å². The molecular weight excluding hydrogens is 252 g/mol. The van der Waals surface area contributed by atoms with Crippen molar-refractivity contribution < 1.29 is 13.2 Å². The third-order valence-corrected chi connectivity index (χ3v) is 5.76. The van der Waals surface area contributed by atoms with Crippen LogP contribution in [0, 0.1) is 5.41 Å². The van der Waals surface area contributed by atoms with Crippen molar-refractivity contribution in [1.82, 2.24) is 4.90 Å². The van der Waals surface area contributed by atoms with Crippen LogP contribution in [0.1, 0.15) is 19.3 Å². The lowest BCUT2D eigenvalue weighted by Gasteiger charge is -2.39. The molecule has 0 bridgehead atoms. The van der Waals surface area contributed by atoms with E-state index in [4.69, 9.17) is 10.5 Å². The van der Waals surface area contributed by atoms with Crippen LogP contribution in [0.4, 0.5) is 0 Å². The van der Waals surface area contributed by atoms with E-state index in [0.717, 1.165) is 39.0 Å². The van der Waals surface area contributed by atoms with Crippen LogP contribution in [-0.4, -0.2) is 64.2 Å². The third kappa shape index (κ3) is 3.66. The first-order chi connectivity index (χ1) is 8.55. The molecule has 106 valence electrons. The molecule has 2 heterocycles. The fourth-order valence-corrected chi connectivity index (χ4v) is 4.19. The van der Waals surface area contributed by atoms with Gasteiger partial charge in [-0.05, 0) is 25.8 Å². The largest absolute Gasteiger partial charge is 0.381 e. The summed E-state index contributed by atoms with van der Waals surface area (Å²) in [6, 6.07) is 0. The molecule has 0 aliphatic carbocycles. The molecule has 0 radical (unpaired) electrons. The van der Waals surface area contributed by atoms with Gasteiger partial charge in [0.25, 0.3) is 0 Å². The minimum absolute atomic E-state index is 0.0341. The van der Waals surface area contributed by atoms with Crippen molar-refractivity contribution in [1.29, 1.82) is 0 Å². The second-order valence-electron chi connectivity index (χ2n) is 5.64. The molecule has 0 aromatic heterocycles. The molecule has 1 unspecified atom stereocenters. The molecule has 0 aromatic carbocycles. The molecule has 2 rings (SSSR count). The van der Waals surface area contributed by atoms with Crippen LogP contribution in [0.15, 0.2) is 0 Å². The smallest absolute Gasteiger partial charge is 0.151 e. The van der Waals surface area contributed by atoms with Crippen molar-refractivity contribution in [3.63, 3.8) is 0 Å². The second kappa shape index (κ2) is 5.86. The first-order valence-corrected chi connectivity index (χ1v) is 8.58. The van der Waals surface area contributed by atoms with Crippen LogP contribution in [0.3, 0.4) is 0 Å². The molecule has 0 amide bonds. The Labute approximate surface area is 110 Å². The molecule has 18 heavy (non-hydrogen) atoms. The average Bonchev–Trinajstić information content (AvgIpc) is 2.52. The molecule has 0 saturated carbocycles. The number of sulfone groups is 1. The van der Waals surface area contributed by atoms with Crippen LogP contribution in [0.25, 0.3) is 0 Å². The standard InChI is InChI=1S/C12H24N2O3S/c13-9-12(3-1-6-17-11-12)10-14-4-2-7-18(15,16)8-5-14/h1-11,13H2. The predicted molar refractivity (Wildman–Crippen MR) is 71.3 cm³/mol. The van der Waals surface area contributed by atoms with Gasteiger partial charge in [-0.3, -0.25) is 0 Å². The molecular formula is C12H24N2O3S. The maximum Gasteiger partial charge on any atom is 0.151 e. The monoisotopic (exact) mass is 276 g/mol. The number of nitrogens with zero attached hydrogens (tertiary/aromatic N) is 1. The lowest BCUT2D eigenvalue weighted by atomic mass is 9.82. The molecule has 6 heteroatoms. The third-order valence-electron chi connectivity index (χ3n) is 4.04. The van der Waals surface area contributed by atoms with E-state index in [0.29, 0.717) is 25.4 Å². The van der Waals surface area contributed by atoms with E-state index < -0.39 is 9.84 Å². The maximum absolute atomic E-state index is 11.6. The highest BCUT2D eigenvalue weighted by atomic mass is 32.2. The predicted octanol–water partition coefficient (Wildman–Crippen LogP) is -0.138. The molecule has 2 N–H and O–H groups in total. The molecule has 2 aliphatic rings. The highest BCUT2D eigenvalue weighted by molar-refractivity contribution is 7.91. The Kier molecular flexibility index (Phi) is 4.64. The summed E-state index contributed by atoms with van der Waals surface area (Å²) in [5.41, 5.74) is 5.96. The van der Waals surface area contributed by atoms with Crippen molar-refractivity contribution in [2.45, 2.75) is 19.3 Å². The number of rotatable bonds is 3. The number of hydrogen-bond acceptors (Lipinski definition) is 5. The topological polar surface area (TPSA) is 72.6 Å². The summed E-state index contributed by atoms with van der Waals surface area (Å²) in [4.78, 5) is 2.26. The van der Waals surface area contributed by atoms with Gasteiger partial charge in [-0.25, -0.2) is 8.42 Å². The van der Waals surface area contributed by atoms with E-state index >= 15 is 0 Å². The summed E-state index contributed by atoms with van der Waals surface area (Å²) in [6.07, 6.45) is 2.89. The van der Waals surface area contributed by atoms with E-state index in [1.807, 2.05) is 0 Å². The molecule has 2 saturated heterocycles. The van der Waals surface area contributed by atoms with Crippen LogP contribution in [0.5, 0.6) is 0 Å². The number of hydrogen-bond donors (Lipinski definition) is 1. The van der Waals surface area contributed by atoms with Gasteiger partial charge < -0.3 is 15.4 Å². The zero-order valence-electron chi connectivity index (χ0n) is 10.9. The highest BCUT2D eigenvalue weighted by Gasteiger charge is 2.34. The average molecular weight is 276 g/mol. The van der Waals surface area contributed by atoms with Gasteiger partial charge >= 0.3 is 0 Å². The normalized spacial score (nSPS) is 34.1. The summed E-state index contributed by atoms with van der Waals surface area (Å²) in [5.74, 6) is 0.615. The molecule has 0 aromatic rings. The summed E-state index contributed by atoms with van der Waals surface area (Å²) in [6.45, 7) is 4.54. The summed E-state index contributed by atoms with van der Waals surface area (Å²) >= 11 is 0. The van der Waals surface area contributed by atoms with Gasteiger partial charge in [-0.1, -0.05) is 0 Å². The summed E-state index contributed by atoms with van der Waals surface area (Å²) in [7, 11) is -2.82. The zero-order valence-corrected chi connectivity index (χ0v) is 11.8. The fourth-order valence-electron chi connectivity index (χ4n) is 2.88. The van der Waals surface area contributed by atoms with Crippen molar-refractivity contribution in [3.8, 4) is 0 Å². The van der Waals surface area contributed by atoms with Crippen molar-refractivity contribution in [3.05, 3.63) is 0 Å². The Bertz CT molecular complexity index is 364. The Morgan fingerprint density at radius 2 is 2.06 bits per heavy atom. The Hall–Kier alpha value is -0.170. The second-order valence-corrected chi connectivity index (χ2v) is 7.95. The zero-order chi connectivity index (χ0) is 13.1. The maximum atomic E-state index is 11.6. The van der Waals surface area contributed by atoms with E-state index in [9.17, 15) is 8.42 Å². The number of ether oxygens (including phenoxy) is 1. The van der Waals surface area contributed by atoms with Gasteiger partial charge in [0, 0.05) is 31.7 Å². The Balaban J connectivity index is 1.95. The number of nitrogens with two attached hydrogens (primary N) is 1. The van der Waals surface area contributed by atoms with Gasteiger partial charge in [0.2, 0.25) is 0 Å².